The minimum Gasteiger partial charge on any atom is -0.495 e. The molecule has 25 heavy (non-hydrogen) atoms. The summed E-state index contributed by atoms with van der Waals surface area (Å²) < 4.78 is 8.54. The topological polar surface area (TPSA) is 66.2 Å². The van der Waals surface area contributed by atoms with Crippen LogP contribution < -0.4 is 14.8 Å². The van der Waals surface area contributed by atoms with E-state index in [1.54, 1.807) is 25.4 Å². The first-order valence-corrected chi connectivity index (χ1v) is 8.90. The number of carbonyl (C=O) groups is 1. The summed E-state index contributed by atoms with van der Waals surface area (Å²) in [7, 11) is 1.56. The SMILES string of the molecule is COc1ccc(SNc2ccc(Cl)c3c(Cl)c[nH]c23)cc1NC(C)=O. The van der Waals surface area contributed by atoms with Crippen LogP contribution in [0.2, 0.25) is 10.0 Å². The Hall–Kier alpha value is -2.02. The quantitative estimate of drug-likeness (QED) is 0.494. The maximum atomic E-state index is 11.3. The van der Waals surface area contributed by atoms with E-state index in [9.17, 15) is 4.79 Å². The molecule has 3 aromatic rings. The van der Waals surface area contributed by atoms with Gasteiger partial charge in [-0.15, -0.1) is 0 Å². The molecule has 3 N–H and O–H groups in total. The lowest BCUT2D eigenvalue weighted by Gasteiger charge is -2.12. The van der Waals surface area contributed by atoms with Crippen LogP contribution in [0.25, 0.3) is 10.9 Å². The Morgan fingerprint density at radius 3 is 2.68 bits per heavy atom. The molecule has 2 aromatic carbocycles. The zero-order chi connectivity index (χ0) is 18.0. The highest BCUT2D eigenvalue weighted by Crippen LogP contribution is 2.37. The lowest BCUT2D eigenvalue weighted by Crippen LogP contribution is -2.07. The third-order valence-corrected chi connectivity index (χ3v) is 4.92. The summed E-state index contributed by atoms with van der Waals surface area (Å²) in [6.45, 7) is 1.46. The molecule has 0 aliphatic rings. The molecule has 0 atom stereocenters. The number of aromatic nitrogens is 1. The Kier molecular flexibility index (Phi) is 5.32. The Morgan fingerprint density at radius 2 is 1.96 bits per heavy atom. The molecule has 0 unspecified atom stereocenters. The van der Waals surface area contributed by atoms with Crippen molar-refractivity contribution in [1.29, 1.82) is 0 Å². The molecule has 3 rings (SSSR count). The number of carbonyl (C=O) groups excluding carboxylic acids is 1. The van der Waals surface area contributed by atoms with Gasteiger partial charge in [-0.25, -0.2) is 0 Å². The Bertz CT molecular complexity index is 943. The van der Waals surface area contributed by atoms with E-state index in [2.05, 4.69) is 15.0 Å². The molecule has 0 radical (unpaired) electrons. The molecule has 0 saturated heterocycles. The van der Waals surface area contributed by atoms with Gasteiger partial charge in [0, 0.05) is 23.4 Å². The van der Waals surface area contributed by atoms with Gasteiger partial charge in [-0.05, 0) is 42.3 Å². The molecule has 0 aliphatic heterocycles. The van der Waals surface area contributed by atoms with Gasteiger partial charge in [-0.2, -0.15) is 0 Å². The fourth-order valence-electron chi connectivity index (χ4n) is 2.41. The minimum absolute atomic E-state index is 0.158. The molecule has 0 bridgehead atoms. The van der Waals surface area contributed by atoms with E-state index >= 15 is 0 Å². The Morgan fingerprint density at radius 1 is 1.16 bits per heavy atom. The van der Waals surface area contributed by atoms with Crippen LogP contribution in [0.1, 0.15) is 6.92 Å². The molecule has 130 valence electrons. The van der Waals surface area contributed by atoms with Gasteiger partial charge in [0.2, 0.25) is 5.91 Å². The van der Waals surface area contributed by atoms with E-state index in [-0.39, 0.29) is 5.91 Å². The standard InChI is InChI=1S/C17H15Cl2N3O2S/c1-9(23)21-14-7-10(3-6-15(14)24-2)25-22-13-5-4-11(18)16-12(19)8-20-17(13)16/h3-8,20,22H,1-2H3,(H,21,23). The van der Waals surface area contributed by atoms with Crippen molar-refractivity contribution in [3.05, 3.63) is 46.6 Å². The summed E-state index contributed by atoms with van der Waals surface area (Å²) in [5.41, 5.74) is 2.31. The summed E-state index contributed by atoms with van der Waals surface area (Å²) in [6, 6.07) is 9.22. The van der Waals surface area contributed by atoms with Crippen LogP contribution in [0.15, 0.2) is 41.4 Å². The highest BCUT2D eigenvalue weighted by molar-refractivity contribution is 8.00. The average molecular weight is 396 g/mol. The minimum atomic E-state index is -0.158. The maximum absolute atomic E-state index is 11.3. The van der Waals surface area contributed by atoms with Gasteiger partial charge in [0.1, 0.15) is 5.75 Å². The van der Waals surface area contributed by atoms with Crippen LogP contribution in [-0.4, -0.2) is 18.0 Å². The number of halogens is 2. The van der Waals surface area contributed by atoms with Crippen molar-refractivity contribution >= 4 is 63.3 Å². The van der Waals surface area contributed by atoms with Crippen molar-refractivity contribution in [2.45, 2.75) is 11.8 Å². The number of hydrogen-bond donors (Lipinski definition) is 3. The van der Waals surface area contributed by atoms with E-state index in [0.717, 1.165) is 21.5 Å². The van der Waals surface area contributed by atoms with Crippen LogP contribution in [-0.2, 0) is 4.79 Å². The lowest BCUT2D eigenvalue weighted by molar-refractivity contribution is -0.114. The largest absolute Gasteiger partial charge is 0.495 e. The summed E-state index contributed by atoms with van der Waals surface area (Å²) in [5, 5.41) is 4.70. The predicted octanol–water partition coefficient (Wildman–Crippen LogP) is 5.56. The van der Waals surface area contributed by atoms with Crippen molar-refractivity contribution < 1.29 is 9.53 Å². The normalized spacial score (nSPS) is 10.7. The number of amides is 1. The van der Waals surface area contributed by atoms with Crippen molar-refractivity contribution in [2.75, 3.05) is 17.1 Å². The molecule has 0 aliphatic carbocycles. The number of rotatable bonds is 5. The van der Waals surface area contributed by atoms with Crippen molar-refractivity contribution in [3.8, 4) is 5.75 Å². The van der Waals surface area contributed by atoms with Crippen LogP contribution in [0.4, 0.5) is 11.4 Å². The Labute approximate surface area is 159 Å². The monoisotopic (exact) mass is 395 g/mol. The molecule has 5 nitrogen and oxygen atoms in total. The number of ether oxygens (including phenoxy) is 1. The second-order valence-corrected chi connectivity index (χ2v) is 6.92. The van der Waals surface area contributed by atoms with Crippen LogP contribution in [0.3, 0.4) is 0 Å². The van der Waals surface area contributed by atoms with Gasteiger partial charge in [0.05, 0.1) is 34.0 Å². The van der Waals surface area contributed by atoms with E-state index in [1.165, 1.54) is 18.9 Å². The van der Waals surface area contributed by atoms with Crippen LogP contribution in [0, 0.1) is 0 Å². The van der Waals surface area contributed by atoms with Gasteiger partial charge >= 0.3 is 0 Å². The van der Waals surface area contributed by atoms with E-state index in [1.807, 2.05) is 18.2 Å². The van der Waals surface area contributed by atoms with Gasteiger partial charge in [0.25, 0.3) is 0 Å². The third-order valence-electron chi connectivity index (χ3n) is 3.50. The maximum Gasteiger partial charge on any atom is 0.221 e. The number of fused-ring (bicyclic) bond motifs is 1. The molecule has 0 fully saturated rings. The van der Waals surface area contributed by atoms with Crippen LogP contribution >= 0.6 is 35.1 Å². The lowest BCUT2D eigenvalue weighted by atomic mass is 10.2. The van der Waals surface area contributed by atoms with E-state index in [4.69, 9.17) is 27.9 Å². The first kappa shape index (κ1) is 17.8. The summed E-state index contributed by atoms with van der Waals surface area (Å²) in [5.74, 6) is 0.443. The number of aromatic amines is 1. The summed E-state index contributed by atoms with van der Waals surface area (Å²) >= 11 is 13.8. The van der Waals surface area contributed by atoms with Crippen molar-refractivity contribution in [3.63, 3.8) is 0 Å². The predicted molar refractivity (Wildman–Crippen MR) is 105 cm³/mol. The molecule has 0 spiro atoms. The van der Waals surface area contributed by atoms with E-state index in [0.29, 0.717) is 21.5 Å². The first-order valence-electron chi connectivity index (χ1n) is 7.33. The molecule has 0 saturated carbocycles. The number of hydrogen-bond acceptors (Lipinski definition) is 4. The fraction of sp³-hybridized carbons (Fsp3) is 0.118. The molecule has 1 aromatic heterocycles. The highest BCUT2D eigenvalue weighted by Gasteiger charge is 2.11. The summed E-state index contributed by atoms with van der Waals surface area (Å²) in [6.07, 6.45) is 1.70. The van der Waals surface area contributed by atoms with Crippen molar-refractivity contribution in [2.24, 2.45) is 0 Å². The van der Waals surface area contributed by atoms with Gasteiger partial charge in [0.15, 0.2) is 0 Å². The zero-order valence-corrected chi connectivity index (χ0v) is 15.8. The molecular weight excluding hydrogens is 381 g/mol. The number of H-pyrrole nitrogens is 1. The number of nitrogens with one attached hydrogen (secondary N) is 3. The second kappa shape index (κ2) is 7.47. The Balaban J connectivity index is 1.85. The van der Waals surface area contributed by atoms with Gasteiger partial charge in [-0.1, -0.05) is 23.2 Å². The fourth-order valence-corrected chi connectivity index (χ4v) is 3.67. The summed E-state index contributed by atoms with van der Waals surface area (Å²) in [4.78, 5) is 15.4. The first-order chi connectivity index (χ1) is 12.0. The van der Waals surface area contributed by atoms with Crippen molar-refractivity contribution in [1.82, 2.24) is 4.98 Å². The van der Waals surface area contributed by atoms with Gasteiger partial charge < -0.3 is 19.8 Å². The van der Waals surface area contributed by atoms with Crippen LogP contribution in [0.5, 0.6) is 5.75 Å². The second-order valence-electron chi connectivity index (χ2n) is 5.23. The van der Waals surface area contributed by atoms with E-state index < -0.39 is 0 Å². The average Bonchev–Trinajstić information content (AvgIpc) is 2.97. The van der Waals surface area contributed by atoms with Gasteiger partial charge in [-0.3, -0.25) is 4.79 Å². The number of methoxy groups -OCH3 is 1. The highest BCUT2D eigenvalue weighted by atomic mass is 35.5. The molecular formula is C17H15Cl2N3O2S. The number of benzene rings is 2. The molecule has 1 heterocycles. The third kappa shape index (κ3) is 3.81. The smallest absolute Gasteiger partial charge is 0.221 e. The number of anilines is 2. The molecule has 8 heteroatoms. The zero-order valence-electron chi connectivity index (χ0n) is 13.4. The molecule has 1 amide bonds.